The maximum atomic E-state index is 13.2. The first-order valence-corrected chi connectivity index (χ1v) is 9.36. The second kappa shape index (κ2) is 8.35. The van der Waals surface area contributed by atoms with Crippen molar-refractivity contribution in [2.24, 2.45) is 0 Å². The van der Waals surface area contributed by atoms with Gasteiger partial charge in [-0.1, -0.05) is 60.7 Å². The average Bonchev–Trinajstić information content (AvgIpc) is 3.24. The molecule has 0 aliphatic rings. The van der Waals surface area contributed by atoms with Gasteiger partial charge in [-0.15, -0.1) is 0 Å². The van der Waals surface area contributed by atoms with Gasteiger partial charge in [-0.2, -0.15) is 18.3 Å². The van der Waals surface area contributed by atoms with Crippen molar-refractivity contribution in [3.05, 3.63) is 102 Å². The highest BCUT2D eigenvalue weighted by Crippen LogP contribution is 2.34. The SMILES string of the molecule is O=C(NNc1ccccc1C(F)(F)F)c1cn(-c2ccccc2)nc1-c1ccccc1. The van der Waals surface area contributed by atoms with Gasteiger partial charge >= 0.3 is 6.18 Å². The Morgan fingerprint density at radius 2 is 1.45 bits per heavy atom. The number of hydrogen-bond donors (Lipinski definition) is 2. The van der Waals surface area contributed by atoms with Gasteiger partial charge in [-0.3, -0.25) is 15.6 Å². The molecule has 2 N–H and O–H groups in total. The predicted molar refractivity (Wildman–Crippen MR) is 112 cm³/mol. The highest BCUT2D eigenvalue weighted by atomic mass is 19.4. The molecule has 3 aromatic carbocycles. The fourth-order valence-electron chi connectivity index (χ4n) is 3.09. The van der Waals surface area contributed by atoms with Crippen molar-refractivity contribution < 1.29 is 18.0 Å². The molecule has 4 aromatic rings. The highest BCUT2D eigenvalue weighted by molar-refractivity contribution is 6.00. The van der Waals surface area contributed by atoms with E-state index in [1.807, 2.05) is 48.5 Å². The molecule has 1 aromatic heterocycles. The Morgan fingerprint density at radius 3 is 2.13 bits per heavy atom. The molecule has 0 saturated carbocycles. The summed E-state index contributed by atoms with van der Waals surface area (Å²) in [5, 5.41) is 4.53. The van der Waals surface area contributed by atoms with Gasteiger partial charge in [0.05, 0.1) is 22.5 Å². The summed E-state index contributed by atoms with van der Waals surface area (Å²) in [5.74, 6) is -0.613. The monoisotopic (exact) mass is 422 g/mol. The lowest BCUT2D eigenvalue weighted by Crippen LogP contribution is -2.30. The summed E-state index contributed by atoms with van der Waals surface area (Å²) in [7, 11) is 0. The Kier molecular flexibility index (Phi) is 5.44. The normalized spacial score (nSPS) is 11.2. The van der Waals surface area contributed by atoms with Crippen molar-refractivity contribution >= 4 is 11.6 Å². The van der Waals surface area contributed by atoms with Crippen LogP contribution in [0, 0.1) is 0 Å². The smallest absolute Gasteiger partial charge is 0.298 e. The maximum Gasteiger partial charge on any atom is 0.418 e. The summed E-state index contributed by atoms with van der Waals surface area (Å²) in [6, 6.07) is 23.2. The molecule has 0 aliphatic heterocycles. The number of carbonyl (C=O) groups excluding carboxylic acids is 1. The number of para-hydroxylation sites is 2. The van der Waals surface area contributed by atoms with Gasteiger partial charge in [0.1, 0.15) is 5.69 Å². The zero-order chi connectivity index (χ0) is 21.8. The highest BCUT2D eigenvalue weighted by Gasteiger charge is 2.33. The molecule has 156 valence electrons. The fourth-order valence-corrected chi connectivity index (χ4v) is 3.09. The summed E-state index contributed by atoms with van der Waals surface area (Å²) in [6.07, 6.45) is -3.01. The molecule has 1 amide bonds. The number of hydrazine groups is 1. The molecule has 5 nitrogen and oxygen atoms in total. The number of nitrogens with one attached hydrogen (secondary N) is 2. The summed E-state index contributed by atoms with van der Waals surface area (Å²) in [5.41, 5.74) is 5.70. The number of anilines is 1. The van der Waals surface area contributed by atoms with E-state index in [-0.39, 0.29) is 11.3 Å². The number of alkyl halides is 3. The largest absolute Gasteiger partial charge is 0.418 e. The van der Waals surface area contributed by atoms with E-state index >= 15 is 0 Å². The zero-order valence-electron chi connectivity index (χ0n) is 16.1. The minimum Gasteiger partial charge on any atom is -0.298 e. The molecule has 0 radical (unpaired) electrons. The number of benzene rings is 3. The lowest BCUT2D eigenvalue weighted by molar-refractivity contribution is -0.137. The first-order chi connectivity index (χ1) is 14.9. The van der Waals surface area contributed by atoms with Crippen molar-refractivity contribution in [3.8, 4) is 16.9 Å². The standard InChI is InChI=1S/C23H17F3N4O/c24-23(25,26)19-13-7-8-14-20(19)27-28-22(31)18-15-30(17-11-5-2-6-12-17)29-21(18)16-9-3-1-4-10-16/h1-15,27H,(H,28,31). The summed E-state index contributed by atoms with van der Waals surface area (Å²) >= 11 is 0. The van der Waals surface area contributed by atoms with Crippen LogP contribution in [-0.4, -0.2) is 15.7 Å². The van der Waals surface area contributed by atoms with Crippen molar-refractivity contribution in [2.45, 2.75) is 6.18 Å². The van der Waals surface area contributed by atoms with Crippen LogP contribution in [0.1, 0.15) is 15.9 Å². The van der Waals surface area contributed by atoms with E-state index in [1.165, 1.54) is 18.2 Å². The van der Waals surface area contributed by atoms with E-state index in [0.29, 0.717) is 11.3 Å². The van der Waals surface area contributed by atoms with E-state index in [0.717, 1.165) is 11.8 Å². The van der Waals surface area contributed by atoms with Crippen LogP contribution in [0.25, 0.3) is 16.9 Å². The van der Waals surface area contributed by atoms with Gasteiger partial charge in [-0.25, -0.2) is 4.68 Å². The van der Waals surface area contributed by atoms with Gasteiger partial charge < -0.3 is 0 Å². The number of rotatable bonds is 5. The van der Waals surface area contributed by atoms with Crippen LogP contribution in [0.3, 0.4) is 0 Å². The topological polar surface area (TPSA) is 59.0 Å². The van der Waals surface area contributed by atoms with Crippen LogP contribution in [0.15, 0.2) is 91.1 Å². The Labute approximate surface area is 176 Å². The lowest BCUT2D eigenvalue weighted by atomic mass is 10.1. The molecule has 0 unspecified atom stereocenters. The number of carbonyl (C=O) groups is 1. The number of aromatic nitrogens is 2. The Balaban J connectivity index is 1.66. The van der Waals surface area contributed by atoms with Crippen LogP contribution in [0.4, 0.5) is 18.9 Å². The Bertz CT molecular complexity index is 1190. The van der Waals surface area contributed by atoms with Crippen LogP contribution in [0.2, 0.25) is 0 Å². The second-order valence-electron chi connectivity index (χ2n) is 6.66. The molecule has 31 heavy (non-hydrogen) atoms. The van der Waals surface area contributed by atoms with Gasteiger partial charge in [0.2, 0.25) is 0 Å². The molecular weight excluding hydrogens is 405 g/mol. The van der Waals surface area contributed by atoms with E-state index < -0.39 is 17.6 Å². The predicted octanol–water partition coefficient (Wildman–Crippen LogP) is 5.32. The van der Waals surface area contributed by atoms with Gasteiger partial charge in [0.15, 0.2) is 0 Å². The number of amides is 1. The first-order valence-electron chi connectivity index (χ1n) is 9.36. The molecule has 8 heteroatoms. The van der Waals surface area contributed by atoms with Gasteiger partial charge in [0.25, 0.3) is 5.91 Å². The fraction of sp³-hybridized carbons (Fsp3) is 0.0435. The Morgan fingerprint density at radius 1 is 0.839 bits per heavy atom. The number of halogens is 3. The third-order valence-electron chi connectivity index (χ3n) is 4.57. The van der Waals surface area contributed by atoms with Crippen LogP contribution in [0.5, 0.6) is 0 Å². The van der Waals surface area contributed by atoms with E-state index in [9.17, 15) is 18.0 Å². The molecule has 1 heterocycles. The van der Waals surface area contributed by atoms with E-state index in [1.54, 1.807) is 23.0 Å². The first kappa shape index (κ1) is 20.2. The molecule has 0 saturated heterocycles. The summed E-state index contributed by atoms with van der Waals surface area (Å²) < 4.78 is 41.2. The molecule has 4 rings (SSSR count). The maximum absolute atomic E-state index is 13.2. The average molecular weight is 422 g/mol. The van der Waals surface area contributed by atoms with Crippen LogP contribution >= 0.6 is 0 Å². The van der Waals surface area contributed by atoms with Crippen molar-refractivity contribution in [1.29, 1.82) is 0 Å². The molecule has 0 spiro atoms. The summed E-state index contributed by atoms with van der Waals surface area (Å²) in [4.78, 5) is 12.9. The quantitative estimate of drug-likeness (QED) is 0.428. The number of hydrogen-bond acceptors (Lipinski definition) is 3. The van der Waals surface area contributed by atoms with Gasteiger partial charge in [-0.05, 0) is 24.3 Å². The van der Waals surface area contributed by atoms with Crippen molar-refractivity contribution in [2.75, 3.05) is 5.43 Å². The molecular formula is C23H17F3N4O. The minimum atomic E-state index is -4.55. The van der Waals surface area contributed by atoms with E-state index in [4.69, 9.17) is 0 Å². The van der Waals surface area contributed by atoms with Gasteiger partial charge in [0, 0.05) is 11.8 Å². The van der Waals surface area contributed by atoms with Crippen molar-refractivity contribution in [1.82, 2.24) is 15.2 Å². The molecule has 0 aliphatic carbocycles. The molecule has 0 fully saturated rings. The zero-order valence-corrected chi connectivity index (χ0v) is 16.1. The van der Waals surface area contributed by atoms with E-state index in [2.05, 4.69) is 16.0 Å². The number of nitrogens with zero attached hydrogens (tertiary/aromatic N) is 2. The summed E-state index contributed by atoms with van der Waals surface area (Å²) in [6.45, 7) is 0. The van der Waals surface area contributed by atoms with Crippen molar-refractivity contribution in [3.63, 3.8) is 0 Å². The van der Waals surface area contributed by atoms with Crippen LogP contribution < -0.4 is 10.9 Å². The lowest BCUT2D eigenvalue weighted by Gasteiger charge is -2.14. The third-order valence-corrected chi connectivity index (χ3v) is 4.57. The second-order valence-corrected chi connectivity index (χ2v) is 6.66. The minimum absolute atomic E-state index is 0.215. The third kappa shape index (κ3) is 4.42. The molecule has 0 atom stereocenters. The Hall–Kier alpha value is -4.07. The molecule has 0 bridgehead atoms. The van der Waals surface area contributed by atoms with Crippen LogP contribution in [-0.2, 0) is 6.18 Å².